The Labute approximate surface area is 115 Å². The number of fused-ring (bicyclic) bond motifs is 1. The molecular formula is C15H12ClNO2. The molecule has 1 aromatic heterocycles. The van der Waals surface area contributed by atoms with Crippen molar-refractivity contribution in [2.24, 2.45) is 0 Å². The lowest BCUT2D eigenvalue weighted by molar-refractivity contribution is 0.278. The summed E-state index contributed by atoms with van der Waals surface area (Å²) >= 11 is 5.94. The van der Waals surface area contributed by atoms with Gasteiger partial charge in [0.2, 0.25) is 0 Å². The zero-order valence-electron chi connectivity index (χ0n) is 10.1. The number of halogens is 1. The standard InChI is InChI=1S/C15H12ClNO2/c16-10-3-1-4-12(7-10)19-15-6-2-5-14-13(15)8-11(9-18)17-14/h1-8,17-18H,9H2. The summed E-state index contributed by atoms with van der Waals surface area (Å²) in [6.07, 6.45) is 0. The van der Waals surface area contributed by atoms with Crippen molar-refractivity contribution in [1.29, 1.82) is 0 Å². The van der Waals surface area contributed by atoms with Crippen molar-refractivity contribution in [2.45, 2.75) is 6.61 Å². The van der Waals surface area contributed by atoms with Gasteiger partial charge in [-0.15, -0.1) is 0 Å². The fraction of sp³-hybridized carbons (Fsp3) is 0.0667. The molecule has 2 aromatic carbocycles. The highest BCUT2D eigenvalue weighted by atomic mass is 35.5. The molecule has 2 N–H and O–H groups in total. The van der Waals surface area contributed by atoms with Crippen LogP contribution in [0.2, 0.25) is 5.02 Å². The molecule has 0 aliphatic carbocycles. The maximum Gasteiger partial charge on any atom is 0.136 e. The number of ether oxygens (including phenoxy) is 1. The van der Waals surface area contributed by atoms with E-state index in [2.05, 4.69) is 4.98 Å². The van der Waals surface area contributed by atoms with Crippen LogP contribution in [-0.4, -0.2) is 10.1 Å². The van der Waals surface area contributed by atoms with E-state index in [9.17, 15) is 0 Å². The molecule has 0 saturated carbocycles. The van der Waals surface area contributed by atoms with Crippen LogP contribution in [0.4, 0.5) is 0 Å². The van der Waals surface area contributed by atoms with Gasteiger partial charge in [0.15, 0.2) is 0 Å². The van der Waals surface area contributed by atoms with Crippen LogP contribution >= 0.6 is 11.6 Å². The first-order chi connectivity index (χ1) is 9.26. The summed E-state index contributed by atoms with van der Waals surface area (Å²) in [5.41, 5.74) is 1.70. The van der Waals surface area contributed by atoms with Crippen molar-refractivity contribution in [2.75, 3.05) is 0 Å². The SMILES string of the molecule is OCc1cc2c(Oc3cccc(Cl)c3)cccc2[nH]1. The first kappa shape index (κ1) is 12.1. The van der Waals surface area contributed by atoms with E-state index in [0.29, 0.717) is 10.8 Å². The Kier molecular flexibility index (Phi) is 3.15. The third-order valence-electron chi connectivity index (χ3n) is 2.87. The van der Waals surface area contributed by atoms with Crippen LogP contribution in [0.5, 0.6) is 11.5 Å². The molecule has 0 saturated heterocycles. The van der Waals surface area contributed by atoms with Gasteiger partial charge < -0.3 is 14.8 Å². The number of aliphatic hydroxyl groups is 1. The lowest BCUT2D eigenvalue weighted by atomic mass is 10.2. The fourth-order valence-corrected chi connectivity index (χ4v) is 2.20. The van der Waals surface area contributed by atoms with E-state index in [4.69, 9.17) is 21.4 Å². The van der Waals surface area contributed by atoms with Crippen molar-refractivity contribution in [3.8, 4) is 11.5 Å². The van der Waals surface area contributed by atoms with Crippen molar-refractivity contribution in [1.82, 2.24) is 4.98 Å². The second-order valence-electron chi connectivity index (χ2n) is 4.23. The number of aliphatic hydroxyl groups excluding tert-OH is 1. The van der Waals surface area contributed by atoms with Gasteiger partial charge in [0.1, 0.15) is 11.5 Å². The molecule has 0 radical (unpaired) electrons. The minimum atomic E-state index is -0.0225. The summed E-state index contributed by atoms with van der Waals surface area (Å²) in [5.74, 6) is 1.42. The quantitative estimate of drug-likeness (QED) is 0.754. The number of hydrogen-bond acceptors (Lipinski definition) is 2. The molecule has 4 heteroatoms. The van der Waals surface area contributed by atoms with Gasteiger partial charge in [-0.1, -0.05) is 23.7 Å². The predicted octanol–water partition coefficient (Wildman–Crippen LogP) is 4.11. The summed E-state index contributed by atoms with van der Waals surface area (Å²) in [7, 11) is 0. The summed E-state index contributed by atoms with van der Waals surface area (Å²) < 4.78 is 5.84. The third-order valence-corrected chi connectivity index (χ3v) is 3.11. The fourth-order valence-electron chi connectivity index (χ4n) is 2.02. The maximum atomic E-state index is 9.17. The summed E-state index contributed by atoms with van der Waals surface area (Å²) in [4.78, 5) is 3.13. The van der Waals surface area contributed by atoms with Crippen molar-refractivity contribution >= 4 is 22.5 Å². The van der Waals surface area contributed by atoms with Gasteiger partial charge in [-0.3, -0.25) is 0 Å². The molecule has 0 aliphatic rings. The number of aromatic amines is 1. The molecule has 0 spiro atoms. The maximum absolute atomic E-state index is 9.17. The Morgan fingerprint density at radius 1 is 1.11 bits per heavy atom. The van der Waals surface area contributed by atoms with E-state index in [1.807, 2.05) is 36.4 Å². The lowest BCUT2D eigenvalue weighted by Crippen LogP contribution is -1.84. The van der Waals surface area contributed by atoms with Gasteiger partial charge in [0, 0.05) is 21.6 Å². The van der Waals surface area contributed by atoms with Gasteiger partial charge in [-0.25, -0.2) is 0 Å². The van der Waals surface area contributed by atoms with Gasteiger partial charge in [0.05, 0.1) is 6.61 Å². The smallest absolute Gasteiger partial charge is 0.136 e. The number of nitrogens with one attached hydrogen (secondary N) is 1. The number of benzene rings is 2. The molecule has 0 fully saturated rings. The summed E-state index contributed by atoms with van der Waals surface area (Å²) in [6, 6.07) is 14.9. The molecule has 1 heterocycles. The number of aromatic nitrogens is 1. The summed E-state index contributed by atoms with van der Waals surface area (Å²) in [5, 5.41) is 10.7. The van der Waals surface area contributed by atoms with Crippen LogP contribution in [0.1, 0.15) is 5.69 Å². The number of hydrogen-bond donors (Lipinski definition) is 2. The molecule has 0 bridgehead atoms. The molecule has 3 aromatic rings. The lowest BCUT2D eigenvalue weighted by Gasteiger charge is -2.06. The van der Waals surface area contributed by atoms with Crippen LogP contribution < -0.4 is 4.74 Å². The highest BCUT2D eigenvalue weighted by molar-refractivity contribution is 6.30. The minimum Gasteiger partial charge on any atom is -0.457 e. The average Bonchev–Trinajstić information content (AvgIpc) is 2.83. The summed E-state index contributed by atoms with van der Waals surface area (Å²) in [6.45, 7) is -0.0225. The van der Waals surface area contributed by atoms with Crippen molar-refractivity contribution in [3.63, 3.8) is 0 Å². The molecule has 19 heavy (non-hydrogen) atoms. The van der Waals surface area contributed by atoms with Crippen molar-refractivity contribution in [3.05, 3.63) is 59.2 Å². The van der Waals surface area contributed by atoms with Crippen LogP contribution in [0, 0.1) is 0 Å². The Balaban J connectivity index is 2.02. The number of H-pyrrole nitrogens is 1. The van der Waals surface area contributed by atoms with E-state index >= 15 is 0 Å². The Hall–Kier alpha value is -1.97. The van der Waals surface area contributed by atoms with Gasteiger partial charge in [-0.05, 0) is 36.4 Å². The zero-order chi connectivity index (χ0) is 13.2. The molecule has 0 amide bonds. The highest BCUT2D eigenvalue weighted by Crippen LogP contribution is 2.31. The Bertz CT molecular complexity index is 721. The monoisotopic (exact) mass is 273 g/mol. The van der Waals surface area contributed by atoms with E-state index in [0.717, 1.165) is 22.3 Å². The normalized spacial score (nSPS) is 10.8. The van der Waals surface area contributed by atoms with Crippen LogP contribution in [-0.2, 0) is 6.61 Å². The van der Waals surface area contributed by atoms with E-state index in [-0.39, 0.29) is 6.61 Å². The second-order valence-corrected chi connectivity index (χ2v) is 4.67. The molecule has 0 unspecified atom stereocenters. The molecule has 3 nitrogen and oxygen atoms in total. The number of rotatable bonds is 3. The van der Waals surface area contributed by atoms with Crippen LogP contribution in [0.25, 0.3) is 10.9 Å². The van der Waals surface area contributed by atoms with Crippen LogP contribution in [0.15, 0.2) is 48.5 Å². The van der Waals surface area contributed by atoms with E-state index < -0.39 is 0 Å². The minimum absolute atomic E-state index is 0.0225. The second kappa shape index (κ2) is 4.96. The third kappa shape index (κ3) is 2.43. The Morgan fingerprint density at radius 2 is 1.95 bits per heavy atom. The van der Waals surface area contributed by atoms with Crippen molar-refractivity contribution < 1.29 is 9.84 Å². The highest BCUT2D eigenvalue weighted by Gasteiger charge is 2.07. The van der Waals surface area contributed by atoms with Crippen LogP contribution in [0.3, 0.4) is 0 Å². The van der Waals surface area contributed by atoms with E-state index in [1.165, 1.54) is 0 Å². The predicted molar refractivity (Wildman–Crippen MR) is 75.7 cm³/mol. The average molecular weight is 274 g/mol. The first-order valence-electron chi connectivity index (χ1n) is 5.91. The topological polar surface area (TPSA) is 45.2 Å². The zero-order valence-corrected chi connectivity index (χ0v) is 10.8. The van der Waals surface area contributed by atoms with Gasteiger partial charge >= 0.3 is 0 Å². The molecular weight excluding hydrogens is 262 g/mol. The molecule has 0 aliphatic heterocycles. The molecule has 0 atom stereocenters. The van der Waals surface area contributed by atoms with Gasteiger partial charge in [-0.2, -0.15) is 0 Å². The first-order valence-corrected chi connectivity index (χ1v) is 6.29. The van der Waals surface area contributed by atoms with Gasteiger partial charge in [0.25, 0.3) is 0 Å². The largest absolute Gasteiger partial charge is 0.457 e. The van der Waals surface area contributed by atoms with E-state index in [1.54, 1.807) is 12.1 Å². The molecule has 96 valence electrons. The molecule has 3 rings (SSSR count). The Morgan fingerprint density at radius 3 is 2.74 bits per heavy atom.